The Balaban J connectivity index is 1.60. The molecule has 22 heavy (non-hydrogen) atoms. The third-order valence-corrected chi connectivity index (χ3v) is 4.51. The summed E-state index contributed by atoms with van der Waals surface area (Å²) in [6, 6.07) is 16.9. The lowest BCUT2D eigenvalue weighted by atomic mass is 10.1. The first-order chi connectivity index (χ1) is 10.9. The van der Waals surface area contributed by atoms with Crippen LogP contribution in [0, 0.1) is 0 Å². The maximum atomic E-state index is 4.71. The molecule has 0 radical (unpaired) electrons. The highest BCUT2D eigenvalue weighted by atomic mass is 32.1. The van der Waals surface area contributed by atoms with E-state index in [1.807, 2.05) is 6.07 Å². The number of nitrogens with zero attached hydrogens (tertiary/aromatic N) is 2. The Labute approximate surface area is 133 Å². The molecule has 3 heterocycles. The van der Waals surface area contributed by atoms with Gasteiger partial charge in [0.2, 0.25) is 0 Å². The molecule has 0 saturated heterocycles. The molecule has 3 aromatic heterocycles. The number of thiophene rings is 1. The van der Waals surface area contributed by atoms with Gasteiger partial charge in [0.15, 0.2) is 0 Å². The summed E-state index contributed by atoms with van der Waals surface area (Å²) in [6.07, 6.45) is 6.18. The summed E-state index contributed by atoms with van der Waals surface area (Å²) in [4.78, 5) is 4.71. The first-order valence-corrected chi connectivity index (χ1v) is 8.33. The zero-order valence-electron chi connectivity index (χ0n) is 12.1. The summed E-state index contributed by atoms with van der Waals surface area (Å²) >= 11 is 1.75. The maximum Gasteiger partial charge on any atom is 0.137 e. The van der Waals surface area contributed by atoms with Crippen molar-refractivity contribution in [2.45, 2.75) is 12.8 Å². The summed E-state index contributed by atoms with van der Waals surface area (Å²) < 4.78 is 2.14. The van der Waals surface area contributed by atoms with Crippen molar-refractivity contribution in [3.63, 3.8) is 0 Å². The van der Waals surface area contributed by atoms with Gasteiger partial charge in [0.05, 0.1) is 5.69 Å². The molecule has 4 rings (SSSR count). The Morgan fingerprint density at radius 1 is 0.818 bits per heavy atom. The minimum Gasteiger partial charge on any atom is -0.307 e. The van der Waals surface area contributed by atoms with Crippen LogP contribution < -0.4 is 0 Å². The Bertz CT molecular complexity index is 876. The van der Waals surface area contributed by atoms with Crippen molar-refractivity contribution in [3.8, 4) is 0 Å². The summed E-state index contributed by atoms with van der Waals surface area (Å²) in [5, 5.41) is 4.34. The molecule has 3 heteroatoms. The fourth-order valence-corrected chi connectivity index (χ4v) is 3.38. The molecule has 0 N–H and O–H groups in total. The number of benzene rings is 1. The first kappa shape index (κ1) is 13.3. The number of rotatable bonds is 4. The largest absolute Gasteiger partial charge is 0.307 e. The van der Waals surface area contributed by atoms with E-state index in [2.05, 4.69) is 70.0 Å². The molecule has 0 fully saturated rings. The van der Waals surface area contributed by atoms with E-state index < -0.39 is 0 Å². The summed E-state index contributed by atoms with van der Waals surface area (Å²) in [5.74, 6) is 0. The molecule has 0 aliphatic heterocycles. The highest BCUT2D eigenvalue weighted by Gasteiger charge is 2.04. The normalized spacial score (nSPS) is 11.1. The topological polar surface area (TPSA) is 17.3 Å². The third kappa shape index (κ3) is 2.81. The number of imidazole rings is 1. The van der Waals surface area contributed by atoms with Crippen LogP contribution in [-0.4, -0.2) is 9.38 Å². The molecule has 1 aromatic carbocycles. The predicted molar refractivity (Wildman–Crippen MR) is 91.6 cm³/mol. The van der Waals surface area contributed by atoms with Gasteiger partial charge in [0.1, 0.15) is 5.65 Å². The lowest BCUT2D eigenvalue weighted by molar-refractivity contribution is 1.09. The molecular weight excluding hydrogens is 288 g/mol. The standard InChI is InChI=1S/C19H16N2S/c1-2-4-15(5-3-1)11-18-13-21-12-16(6-7-19(21)20-18)10-17-8-9-22-14-17/h1-9,12-14H,10-11H2. The fourth-order valence-electron chi connectivity index (χ4n) is 2.71. The van der Waals surface area contributed by atoms with Gasteiger partial charge in [-0.1, -0.05) is 36.4 Å². The van der Waals surface area contributed by atoms with Gasteiger partial charge in [-0.15, -0.1) is 0 Å². The zero-order chi connectivity index (χ0) is 14.8. The maximum absolute atomic E-state index is 4.71. The van der Waals surface area contributed by atoms with Crippen LogP contribution in [0.2, 0.25) is 0 Å². The van der Waals surface area contributed by atoms with Crippen molar-refractivity contribution in [1.82, 2.24) is 9.38 Å². The van der Waals surface area contributed by atoms with E-state index in [1.54, 1.807) is 11.3 Å². The number of hydrogen-bond acceptors (Lipinski definition) is 2. The monoisotopic (exact) mass is 304 g/mol. The fraction of sp³-hybridized carbons (Fsp3) is 0.105. The van der Waals surface area contributed by atoms with Gasteiger partial charge in [-0.3, -0.25) is 0 Å². The van der Waals surface area contributed by atoms with Gasteiger partial charge < -0.3 is 4.40 Å². The quantitative estimate of drug-likeness (QED) is 0.539. The minimum absolute atomic E-state index is 0.877. The molecule has 0 saturated carbocycles. The van der Waals surface area contributed by atoms with Crippen LogP contribution in [0.3, 0.4) is 0 Å². The zero-order valence-corrected chi connectivity index (χ0v) is 13.0. The molecule has 0 aliphatic rings. The Morgan fingerprint density at radius 3 is 2.55 bits per heavy atom. The second-order valence-corrected chi connectivity index (χ2v) is 6.29. The van der Waals surface area contributed by atoms with Gasteiger partial charge in [-0.05, 0) is 46.0 Å². The second kappa shape index (κ2) is 5.78. The molecule has 0 spiro atoms. The number of pyridine rings is 1. The molecule has 0 atom stereocenters. The molecule has 2 nitrogen and oxygen atoms in total. The third-order valence-electron chi connectivity index (χ3n) is 3.78. The van der Waals surface area contributed by atoms with Crippen molar-refractivity contribution in [3.05, 3.63) is 94.1 Å². The second-order valence-electron chi connectivity index (χ2n) is 5.51. The van der Waals surface area contributed by atoms with Crippen LogP contribution in [0.25, 0.3) is 5.65 Å². The number of aromatic nitrogens is 2. The summed E-state index contributed by atoms with van der Waals surface area (Å²) in [7, 11) is 0. The average Bonchev–Trinajstić information content (AvgIpc) is 3.17. The molecule has 0 bridgehead atoms. The summed E-state index contributed by atoms with van der Waals surface area (Å²) in [6.45, 7) is 0. The van der Waals surface area contributed by atoms with Crippen molar-refractivity contribution in [2.75, 3.05) is 0 Å². The van der Waals surface area contributed by atoms with Crippen LogP contribution in [0.5, 0.6) is 0 Å². The minimum atomic E-state index is 0.877. The van der Waals surface area contributed by atoms with Crippen molar-refractivity contribution < 1.29 is 0 Å². The first-order valence-electron chi connectivity index (χ1n) is 7.38. The smallest absolute Gasteiger partial charge is 0.137 e. The van der Waals surface area contributed by atoms with Crippen molar-refractivity contribution in [1.29, 1.82) is 0 Å². The van der Waals surface area contributed by atoms with Gasteiger partial charge >= 0.3 is 0 Å². The Kier molecular flexibility index (Phi) is 3.49. The average molecular weight is 304 g/mol. The van der Waals surface area contributed by atoms with E-state index in [0.717, 1.165) is 24.2 Å². The van der Waals surface area contributed by atoms with Crippen molar-refractivity contribution in [2.24, 2.45) is 0 Å². The Hall–Kier alpha value is -2.39. The molecule has 4 aromatic rings. The van der Waals surface area contributed by atoms with E-state index in [0.29, 0.717) is 0 Å². The Morgan fingerprint density at radius 2 is 1.73 bits per heavy atom. The number of hydrogen-bond donors (Lipinski definition) is 0. The molecular formula is C19H16N2S. The predicted octanol–water partition coefficient (Wildman–Crippen LogP) is 4.58. The number of fused-ring (bicyclic) bond motifs is 1. The molecule has 108 valence electrons. The van der Waals surface area contributed by atoms with Crippen LogP contribution in [0.1, 0.15) is 22.4 Å². The van der Waals surface area contributed by atoms with Gasteiger partial charge in [-0.25, -0.2) is 4.98 Å². The van der Waals surface area contributed by atoms with Crippen LogP contribution >= 0.6 is 11.3 Å². The van der Waals surface area contributed by atoms with Gasteiger partial charge in [-0.2, -0.15) is 11.3 Å². The lowest BCUT2D eigenvalue weighted by Crippen LogP contribution is -1.90. The van der Waals surface area contributed by atoms with E-state index in [-0.39, 0.29) is 0 Å². The van der Waals surface area contributed by atoms with Crippen LogP contribution in [0.4, 0.5) is 0 Å². The van der Waals surface area contributed by atoms with E-state index in [4.69, 9.17) is 4.98 Å². The highest BCUT2D eigenvalue weighted by Crippen LogP contribution is 2.15. The molecule has 0 aliphatic carbocycles. The SMILES string of the molecule is c1ccc(Cc2cn3cc(Cc4ccsc4)ccc3n2)cc1. The van der Waals surface area contributed by atoms with E-state index >= 15 is 0 Å². The van der Waals surface area contributed by atoms with Gasteiger partial charge in [0, 0.05) is 18.8 Å². The van der Waals surface area contributed by atoms with E-state index in [1.165, 1.54) is 16.7 Å². The summed E-state index contributed by atoms with van der Waals surface area (Å²) in [5.41, 5.74) is 6.10. The molecule has 0 unspecified atom stereocenters. The molecule has 0 amide bonds. The lowest BCUT2D eigenvalue weighted by Gasteiger charge is -2.00. The van der Waals surface area contributed by atoms with Crippen LogP contribution in [0.15, 0.2) is 71.7 Å². The van der Waals surface area contributed by atoms with Crippen LogP contribution in [-0.2, 0) is 12.8 Å². The van der Waals surface area contributed by atoms with Gasteiger partial charge in [0.25, 0.3) is 0 Å². The highest BCUT2D eigenvalue weighted by molar-refractivity contribution is 7.07. The van der Waals surface area contributed by atoms with Crippen molar-refractivity contribution >= 4 is 17.0 Å². The van der Waals surface area contributed by atoms with E-state index in [9.17, 15) is 0 Å².